The van der Waals surface area contributed by atoms with E-state index in [0.29, 0.717) is 33.7 Å². The summed E-state index contributed by atoms with van der Waals surface area (Å²) in [5.41, 5.74) is 15.5. The standard InChI is InChI=1S/C56H67N13O16/c1-25-8-13-30(14-9-25)83-31-15-11-29(12-16-31)53-64-32-17-10-27(19-37(32)84-53)18-33-49(79)67-41(43(73)34-20-60-55(57)65-34)52(82)68-42(44(74)36-21-61-56(58)69(36)54-47(77)46(76)45(75)38(24-71)85-54)51(81)63-35(23-70)48(78)59-22-39(72)66-40(50(80)62-33)26(2)28-6-4-3-5-7-28/h3-17,19,26,33-36,38,40-47,54,70-71,73-77H,18,20-24H2,1-2H3,(H2,58,61)(H,59,78)(H,62,80)(H,63,81)(H,66,72)(H,67,79)(H,68,82)(H3,57,60,65)/t26-,33+,34-,35-,36-,38+,40-,41-,42+,43+,44-,45+,46-,47-,54-/m0/s1. The quantitative estimate of drug-likeness (QED) is 0.0497. The summed E-state index contributed by atoms with van der Waals surface area (Å²) in [6, 6.07) is 15.7. The number of hydrogen-bond acceptors (Lipinski definition) is 23. The van der Waals surface area contributed by atoms with Crippen molar-refractivity contribution in [2.45, 2.75) is 111 Å². The second-order valence-electron chi connectivity index (χ2n) is 21.1. The Kier molecular flexibility index (Phi) is 18.9. The van der Waals surface area contributed by atoms with Gasteiger partial charge >= 0.3 is 0 Å². The lowest BCUT2D eigenvalue weighted by Gasteiger charge is -2.46. The SMILES string of the molecule is Cc1ccc(Oc2ccc(-c3nc4ccc(C[C@H]5NC(=O)[C@H]([C@@H](C)c6ccccc6)NC(=O)CNC(=O)[C@H](CO)NC(=O)[C@@H]([C@@H](O)[C@@H]6CN=C(N)N6[C@H]6O[C@H](CO)[C@@H](O)[C@H](O)[C@@H]6O)NC(=O)[C@H]([C@H](O)[C@@H]6CN=C(N)N6)NC5=O)cc4o3)cc2)cc1. The van der Waals surface area contributed by atoms with Crippen LogP contribution in [0.25, 0.3) is 22.6 Å². The molecule has 4 aliphatic heterocycles. The van der Waals surface area contributed by atoms with Crippen LogP contribution in [0.2, 0.25) is 0 Å². The number of amides is 6. The number of aryl methyl sites for hydroxylation is 1. The maximum atomic E-state index is 15.2. The average Bonchev–Trinajstić information content (AvgIpc) is 2.44. The molecular formula is C56H67N13O16. The van der Waals surface area contributed by atoms with Crippen LogP contribution in [-0.2, 0) is 39.9 Å². The number of carbonyl (C=O) groups is 6. The van der Waals surface area contributed by atoms with E-state index in [0.717, 1.165) is 10.5 Å². The summed E-state index contributed by atoms with van der Waals surface area (Å²) in [5.74, 6) is -6.82. The number of nitrogens with two attached hydrogens (primary N) is 2. The van der Waals surface area contributed by atoms with Gasteiger partial charge in [0, 0.05) is 17.9 Å². The van der Waals surface area contributed by atoms with E-state index >= 15 is 9.59 Å². The van der Waals surface area contributed by atoms with Crippen LogP contribution in [0, 0.1) is 6.92 Å². The number of carbonyl (C=O) groups excluding carboxylic acids is 6. The van der Waals surface area contributed by atoms with Crippen LogP contribution in [-0.4, -0.2) is 211 Å². The lowest BCUT2D eigenvalue weighted by Crippen LogP contribution is -2.70. The van der Waals surface area contributed by atoms with Gasteiger partial charge in [-0.3, -0.25) is 38.8 Å². The molecule has 29 nitrogen and oxygen atoms in total. The Balaban J connectivity index is 1.07. The van der Waals surface area contributed by atoms with Crippen LogP contribution < -0.4 is 53.4 Å². The monoisotopic (exact) mass is 1180 g/mol. The molecule has 85 heavy (non-hydrogen) atoms. The molecule has 18 N–H and O–H groups in total. The fourth-order valence-electron chi connectivity index (χ4n) is 10.3. The molecule has 0 saturated carbocycles. The zero-order chi connectivity index (χ0) is 60.8. The van der Waals surface area contributed by atoms with Gasteiger partial charge in [0.15, 0.2) is 23.7 Å². The summed E-state index contributed by atoms with van der Waals surface area (Å²) in [7, 11) is 0. The minimum atomic E-state index is -2.28. The molecule has 29 heteroatoms. The summed E-state index contributed by atoms with van der Waals surface area (Å²) in [6.45, 7) is 0.0294. The molecule has 0 bridgehead atoms. The Hall–Kier alpha value is -8.81. The van der Waals surface area contributed by atoms with E-state index in [1.807, 2.05) is 31.2 Å². The first-order valence-electron chi connectivity index (χ1n) is 27.2. The number of fused-ring (bicyclic) bond motifs is 1. The van der Waals surface area contributed by atoms with E-state index < -0.39 is 159 Å². The van der Waals surface area contributed by atoms with Gasteiger partial charge in [-0.25, -0.2) is 4.98 Å². The average molecular weight is 1180 g/mol. The Morgan fingerprint density at radius 1 is 0.682 bits per heavy atom. The molecule has 5 heterocycles. The van der Waals surface area contributed by atoms with Crippen molar-refractivity contribution in [3.8, 4) is 23.0 Å². The number of hydrogen-bond donors (Lipinski definition) is 16. The van der Waals surface area contributed by atoms with Crippen molar-refractivity contribution < 1.29 is 78.4 Å². The molecule has 0 aliphatic carbocycles. The fraction of sp³-hybridized carbons (Fsp3) is 0.411. The summed E-state index contributed by atoms with van der Waals surface area (Å²) >= 11 is 0. The highest BCUT2D eigenvalue weighted by atomic mass is 16.6. The minimum Gasteiger partial charge on any atom is -0.457 e. The molecule has 6 amide bonds. The fourth-order valence-corrected chi connectivity index (χ4v) is 10.3. The number of oxazole rings is 1. The van der Waals surface area contributed by atoms with Gasteiger partial charge in [-0.15, -0.1) is 0 Å². The normalized spacial score (nSPS) is 28.4. The number of rotatable bonds is 14. The summed E-state index contributed by atoms with van der Waals surface area (Å²) in [6.07, 6.45) is -13.6. The molecule has 1 aromatic heterocycles. The summed E-state index contributed by atoms with van der Waals surface area (Å²) < 4.78 is 17.9. The summed E-state index contributed by atoms with van der Waals surface area (Å²) in [5, 5.41) is 94.7. The van der Waals surface area contributed by atoms with Crippen LogP contribution in [0.4, 0.5) is 0 Å². The van der Waals surface area contributed by atoms with Gasteiger partial charge in [-0.1, -0.05) is 61.0 Å². The number of aliphatic hydroxyl groups excluding tert-OH is 7. The number of aromatic nitrogens is 1. The molecule has 5 aromatic rings. The zero-order valence-electron chi connectivity index (χ0n) is 45.9. The first kappa shape index (κ1) is 60.8. The molecule has 0 radical (unpaired) electrons. The lowest BCUT2D eigenvalue weighted by atomic mass is 9.92. The predicted octanol–water partition coefficient (Wildman–Crippen LogP) is -4.71. The number of aliphatic imine (C=N–C) groups is 2. The van der Waals surface area contributed by atoms with E-state index in [1.54, 1.807) is 79.7 Å². The molecule has 0 spiro atoms. The van der Waals surface area contributed by atoms with Gasteiger partial charge < -0.3 is 103 Å². The Morgan fingerprint density at radius 2 is 1.33 bits per heavy atom. The Morgan fingerprint density at radius 3 is 2.00 bits per heavy atom. The van der Waals surface area contributed by atoms with Crippen molar-refractivity contribution >= 4 is 58.5 Å². The molecule has 2 saturated heterocycles. The molecular weight excluding hydrogens is 1110 g/mol. The number of benzene rings is 4. The predicted molar refractivity (Wildman–Crippen MR) is 300 cm³/mol. The first-order chi connectivity index (χ1) is 40.7. The van der Waals surface area contributed by atoms with E-state index in [9.17, 15) is 54.9 Å². The van der Waals surface area contributed by atoms with E-state index in [2.05, 4.69) is 52.2 Å². The molecule has 9 rings (SSSR count). The number of aliphatic hydroxyl groups is 7. The van der Waals surface area contributed by atoms with Crippen LogP contribution in [0.5, 0.6) is 11.5 Å². The van der Waals surface area contributed by atoms with Crippen LogP contribution in [0.3, 0.4) is 0 Å². The molecule has 2 fully saturated rings. The highest BCUT2D eigenvalue weighted by Gasteiger charge is 2.52. The van der Waals surface area contributed by atoms with Crippen molar-refractivity contribution in [1.82, 2.24) is 47.1 Å². The van der Waals surface area contributed by atoms with E-state index in [-0.39, 0.29) is 30.4 Å². The van der Waals surface area contributed by atoms with Gasteiger partial charge in [0.05, 0.1) is 44.9 Å². The molecule has 0 unspecified atom stereocenters. The lowest BCUT2D eigenvalue weighted by molar-refractivity contribution is -0.260. The number of nitrogens with zero attached hydrogens (tertiary/aromatic N) is 4. The highest BCUT2D eigenvalue weighted by molar-refractivity contribution is 5.98. The van der Waals surface area contributed by atoms with Crippen LogP contribution >= 0.6 is 0 Å². The summed E-state index contributed by atoms with van der Waals surface area (Å²) in [4.78, 5) is 101. The number of nitrogens with one attached hydrogen (secondary N) is 7. The second-order valence-corrected chi connectivity index (χ2v) is 21.1. The maximum Gasteiger partial charge on any atom is 0.246 e. The van der Waals surface area contributed by atoms with Crippen molar-refractivity contribution in [1.29, 1.82) is 0 Å². The third kappa shape index (κ3) is 13.7. The van der Waals surface area contributed by atoms with Crippen molar-refractivity contribution in [3.05, 3.63) is 114 Å². The topological polar surface area (TPSA) is 453 Å². The van der Waals surface area contributed by atoms with E-state index in [1.165, 1.54) is 0 Å². The first-order valence-corrected chi connectivity index (χ1v) is 27.2. The molecule has 15 atom stereocenters. The maximum absolute atomic E-state index is 15.2. The third-order valence-corrected chi connectivity index (χ3v) is 15.2. The third-order valence-electron chi connectivity index (χ3n) is 15.2. The van der Waals surface area contributed by atoms with Crippen molar-refractivity contribution in [2.75, 3.05) is 32.8 Å². The van der Waals surface area contributed by atoms with Gasteiger partial charge in [0.25, 0.3) is 0 Å². The van der Waals surface area contributed by atoms with Gasteiger partial charge in [-0.05, 0) is 66.6 Å². The zero-order valence-corrected chi connectivity index (χ0v) is 45.9. The van der Waals surface area contributed by atoms with Crippen LogP contribution in [0.15, 0.2) is 111 Å². The minimum absolute atomic E-state index is 0.148. The smallest absolute Gasteiger partial charge is 0.246 e. The Bertz CT molecular complexity index is 3300. The Labute approximate surface area is 484 Å². The van der Waals surface area contributed by atoms with Crippen LogP contribution in [0.1, 0.15) is 29.5 Å². The van der Waals surface area contributed by atoms with E-state index in [4.69, 9.17) is 25.4 Å². The molecule has 4 aromatic carbocycles. The van der Waals surface area contributed by atoms with Crippen molar-refractivity contribution in [2.24, 2.45) is 21.5 Å². The molecule has 4 aliphatic rings. The number of guanidine groups is 2. The largest absolute Gasteiger partial charge is 0.457 e. The highest BCUT2D eigenvalue weighted by Crippen LogP contribution is 2.31. The van der Waals surface area contributed by atoms with Gasteiger partial charge in [0.1, 0.15) is 83.8 Å². The van der Waals surface area contributed by atoms with Crippen molar-refractivity contribution in [3.63, 3.8) is 0 Å². The van der Waals surface area contributed by atoms with Gasteiger partial charge in [0.2, 0.25) is 41.3 Å². The number of ether oxygens (including phenoxy) is 2. The van der Waals surface area contributed by atoms with Gasteiger partial charge in [-0.2, -0.15) is 0 Å². The second kappa shape index (κ2) is 26.4. The molecule has 452 valence electrons.